The normalized spacial score (nSPS) is 22.9. The molecule has 0 saturated carbocycles. The minimum atomic E-state index is -1.17. The van der Waals surface area contributed by atoms with E-state index in [0.29, 0.717) is 5.92 Å². The molecule has 6 heteroatoms. The van der Waals surface area contributed by atoms with Crippen LogP contribution in [0.25, 0.3) is 0 Å². The number of esters is 1. The van der Waals surface area contributed by atoms with Gasteiger partial charge in [-0.15, -0.1) is 0 Å². The predicted octanol–water partition coefficient (Wildman–Crippen LogP) is 2.50. The lowest BCUT2D eigenvalue weighted by atomic mass is 9.94. The number of rotatable bonds is 3. The molecule has 1 heterocycles. The maximum absolute atomic E-state index is 14.1. The topological polar surface area (TPSA) is 41.6 Å². The Morgan fingerprint density at radius 2 is 2.10 bits per heavy atom. The van der Waals surface area contributed by atoms with Crippen LogP contribution in [0.5, 0.6) is 0 Å². The highest BCUT2D eigenvalue weighted by molar-refractivity contribution is 5.90. The van der Waals surface area contributed by atoms with E-state index >= 15 is 0 Å². The van der Waals surface area contributed by atoms with Crippen molar-refractivity contribution in [2.24, 2.45) is 5.92 Å². The van der Waals surface area contributed by atoms with Crippen molar-refractivity contribution < 1.29 is 18.3 Å². The quantitative estimate of drug-likeness (QED) is 0.871. The molecule has 4 nitrogen and oxygen atoms in total. The van der Waals surface area contributed by atoms with Gasteiger partial charge < -0.3 is 15.0 Å². The van der Waals surface area contributed by atoms with E-state index in [9.17, 15) is 13.6 Å². The van der Waals surface area contributed by atoms with Crippen LogP contribution in [-0.4, -0.2) is 44.2 Å². The van der Waals surface area contributed by atoms with Crippen molar-refractivity contribution in [3.05, 3.63) is 29.3 Å². The first-order valence-electron chi connectivity index (χ1n) is 6.95. The van der Waals surface area contributed by atoms with Crippen LogP contribution in [0.4, 0.5) is 14.5 Å². The Balaban J connectivity index is 2.18. The lowest BCUT2D eigenvalue weighted by Gasteiger charge is -2.35. The molecule has 0 aliphatic carbocycles. The number of carbonyl (C=O) groups is 1. The highest BCUT2D eigenvalue weighted by Crippen LogP contribution is 2.25. The van der Waals surface area contributed by atoms with Crippen LogP contribution in [0, 0.1) is 17.6 Å². The Morgan fingerprint density at radius 3 is 2.71 bits per heavy atom. The molecule has 1 fully saturated rings. The van der Waals surface area contributed by atoms with E-state index < -0.39 is 23.2 Å². The fourth-order valence-electron chi connectivity index (χ4n) is 2.70. The van der Waals surface area contributed by atoms with E-state index in [2.05, 4.69) is 21.9 Å². The average Bonchev–Trinajstić information content (AvgIpc) is 2.46. The summed E-state index contributed by atoms with van der Waals surface area (Å²) in [6.45, 7) is 3.89. The lowest BCUT2D eigenvalue weighted by molar-refractivity contribution is 0.0594. The van der Waals surface area contributed by atoms with Crippen LogP contribution in [-0.2, 0) is 4.74 Å². The summed E-state index contributed by atoms with van der Waals surface area (Å²) >= 11 is 0. The number of ether oxygens (including phenoxy) is 1. The van der Waals surface area contributed by atoms with Gasteiger partial charge in [-0.1, -0.05) is 6.92 Å². The van der Waals surface area contributed by atoms with Crippen molar-refractivity contribution in [2.45, 2.75) is 19.4 Å². The Bertz CT molecular complexity index is 537. The fourth-order valence-corrected chi connectivity index (χ4v) is 2.70. The highest BCUT2D eigenvalue weighted by Gasteiger charge is 2.26. The second-order valence-electron chi connectivity index (χ2n) is 5.56. The second-order valence-corrected chi connectivity index (χ2v) is 5.56. The van der Waals surface area contributed by atoms with Gasteiger partial charge in [0.1, 0.15) is 0 Å². The van der Waals surface area contributed by atoms with E-state index in [1.165, 1.54) is 12.1 Å². The summed E-state index contributed by atoms with van der Waals surface area (Å²) in [4.78, 5) is 13.5. The largest absolute Gasteiger partial charge is 0.465 e. The Hall–Kier alpha value is -1.69. The summed E-state index contributed by atoms with van der Waals surface area (Å²) in [5.41, 5.74) is -0.307. The fraction of sp³-hybridized carbons (Fsp3) is 0.533. The van der Waals surface area contributed by atoms with Crippen molar-refractivity contribution in [1.29, 1.82) is 0 Å². The van der Waals surface area contributed by atoms with Crippen molar-refractivity contribution >= 4 is 11.7 Å². The summed E-state index contributed by atoms with van der Waals surface area (Å²) in [7, 11) is 3.17. The minimum Gasteiger partial charge on any atom is -0.465 e. The second kappa shape index (κ2) is 6.39. The number of nitrogens with one attached hydrogen (secondary N) is 1. The molecule has 21 heavy (non-hydrogen) atoms. The van der Waals surface area contributed by atoms with E-state index in [1.807, 2.05) is 7.05 Å². The third-order valence-corrected chi connectivity index (χ3v) is 3.94. The van der Waals surface area contributed by atoms with Crippen LogP contribution in [0.15, 0.2) is 12.1 Å². The predicted molar refractivity (Wildman–Crippen MR) is 76.4 cm³/mol. The van der Waals surface area contributed by atoms with Crippen molar-refractivity contribution in [2.75, 3.05) is 32.6 Å². The smallest absolute Gasteiger partial charge is 0.340 e. The molecule has 2 rings (SSSR count). The maximum atomic E-state index is 14.1. The lowest BCUT2D eigenvalue weighted by Crippen LogP contribution is -2.43. The number of hydrogen-bond acceptors (Lipinski definition) is 4. The molecule has 0 aromatic heterocycles. The molecule has 1 N–H and O–H groups in total. The summed E-state index contributed by atoms with van der Waals surface area (Å²) in [6.07, 6.45) is 0.859. The van der Waals surface area contributed by atoms with Gasteiger partial charge in [0.2, 0.25) is 0 Å². The number of halogens is 2. The van der Waals surface area contributed by atoms with Crippen LogP contribution >= 0.6 is 0 Å². The SMILES string of the molecule is COC(=O)c1ccc(NC2CCN(C)CC2C)c(F)c1F. The van der Waals surface area contributed by atoms with Crippen molar-refractivity contribution in [1.82, 2.24) is 4.90 Å². The van der Waals surface area contributed by atoms with E-state index in [4.69, 9.17) is 0 Å². The van der Waals surface area contributed by atoms with Crippen LogP contribution in [0.3, 0.4) is 0 Å². The zero-order valence-corrected chi connectivity index (χ0v) is 12.5. The van der Waals surface area contributed by atoms with Crippen LogP contribution < -0.4 is 5.32 Å². The van der Waals surface area contributed by atoms with Crippen molar-refractivity contribution in [3.63, 3.8) is 0 Å². The first kappa shape index (κ1) is 15.7. The molecule has 2 atom stereocenters. The standard InChI is InChI=1S/C15H20F2N2O2/c1-9-8-19(2)7-6-11(9)18-12-5-4-10(15(20)21-3)13(16)14(12)17/h4-5,9,11,18H,6-8H2,1-3H3. The van der Waals surface area contributed by atoms with Crippen molar-refractivity contribution in [3.8, 4) is 0 Å². The summed E-state index contributed by atoms with van der Waals surface area (Å²) in [5.74, 6) is -2.77. The number of carbonyl (C=O) groups excluding carboxylic acids is 1. The highest BCUT2D eigenvalue weighted by atomic mass is 19.2. The van der Waals surface area contributed by atoms with Gasteiger partial charge >= 0.3 is 5.97 Å². The minimum absolute atomic E-state index is 0.0825. The number of methoxy groups -OCH3 is 1. The molecule has 116 valence electrons. The molecule has 0 radical (unpaired) electrons. The number of anilines is 1. The zero-order valence-electron chi connectivity index (χ0n) is 12.5. The molecule has 0 spiro atoms. The Kier molecular flexibility index (Phi) is 4.77. The maximum Gasteiger partial charge on any atom is 0.340 e. The van der Waals surface area contributed by atoms with Gasteiger partial charge in [0.05, 0.1) is 18.4 Å². The summed E-state index contributed by atoms with van der Waals surface area (Å²) < 4.78 is 32.4. The number of hydrogen-bond donors (Lipinski definition) is 1. The van der Waals surface area contributed by atoms with Crippen LogP contribution in [0.1, 0.15) is 23.7 Å². The molecule has 2 unspecified atom stereocenters. The van der Waals surface area contributed by atoms with Gasteiger partial charge in [0.15, 0.2) is 11.6 Å². The monoisotopic (exact) mass is 298 g/mol. The first-order chi connectivity index (χ1) is 9.93. The average molecular weight is 298 g/mol. The molecule has 1 aliphatic heterocycles. The number of piperidine rings is 1. The van der Waals surface area contributed by atoms with Crippen LogP contribution in [0.2, 0.25) is 0 Å². The molecule has 0 bridgehead atoms. The first-order valence-corrected chi connectivity index (χ1v) is 6.95. The van der Waals surface area contributed by atoms with Gasteiger partial charge in [-0.05, 0) is 38.1 Å². The van der Waals surface area contributed by atoms with Gasteiger partial charge in [0, 0.05) is 12.6 Å². The number of nitrogens with zero attached hydrogens (tertiary/aromatic N) is 1. The Labute approximate surface area is 123 Å². The van der Waals surface area contributed by atoms with E-state index in [0.717, 1.165) is 26.6 Å². The number of likely N-dealkylation sites (tertiary alicyclic amines) is 1. The van der Waals surface area contributed by atoms with Gasteiger partial charge in [-0.3, -0.25) is 0 Å². The van der Waals surface area contributed by atoms with Gasteiger partial charge in [-0.25, -0.2) is 13.6 Å². The molecule has 0 amide bonds. The third kappa shape index (κ3) is 3.32. The van der Waals surface area contributed by atoms with Gasteiger partial charge in [0.25, 0.3) is 0 Å². The molecule has 1 saturated heterocycles. The number of benzene rings is 1. The summed E-state index contributed by atoms with van der Waals surface area (Å²) in [6, 6.07) is 2.71. The zero-order chi connectivity index (χ0) is 15.6. The molecule has 1 aromatic rings. The van der Waals surface area contributed by atoms with E-state index in [1.54, 1.807) is 0 Å². The van der Waals surface area contributed by atoms with E-state index in [-0.39, 0.29) is 11.7 Å². The molecular weight excluding hydrogens is 278 g/mol. The summed E-state index contributed by atoms with van der Waals surface area (Å²) in [5, 5.41) is 3.05. The molecular formula is C15H20F2N2O2. The van der Waals surface area contributed by atoms with Gasteiger partial charge in [-0.2, -0.15) is 0 Å². The molecule has 1 aliphatic rings. The third-order valence-electron chi connectivity index (χ3n) is 3.94. The molecule has 1 aromatic carbocycles. The Morgan fingerprint density at radius 1 is 1.38 bits per heavy atom.